The molecule has 11 nitrogen and oxygen atoms in total. The Hall–Kier alpha value is -2.35. The van der Waals surface area contributed by atoms with Gasteiger partial charge in [0.25, 0.3) is 0 Å². The Morgan fingerprint density at radius 1 is 1.11 bits per heavy atom. The molecule has 1 aromatic rings. The number of ether oxygens (including phenoxy) is 4. The zero-order valence-corrected chi connectivity index (χ0v) is 19.0. The van der Waals surface area contributed by atoms with Crippen molar-refractivity contribution < 1.29 is 54.4 Å². The molecular weight excluding hydrogens is 464 g/mol. The molecule has 0 amide bonds. The highest BCUT2D eigenvalue weighted by molar-refractivity contribution is 5.87. The smallest absolute Gasteiger partial charge is 0.331 e. The lowest BCUT2D eigenvalue weighted by atomic mass is 9.81. The number of benzene rings is 1. The second-order valence-electron chi connectivity index (χ2n) is 9.20. The number of hydrogen-bond donors (Lipinski definition) is 6. The molecule has 1 aliphatic carbocycles. The molecule has 1 aromatic carbocycles. The summed E-state index contributed by atoms with van der Waals surface area (Å²) in [7, 11) is 0. The largest absolute Gasteiger partial charge is 0.472 e. The van der Waals surface area contributed by atoms with Crippen LogP contribution in [0.4, 0.5) is 0 Å². The molecule has 192 valence electrons. The van der Waals surface area contributed by atoms with Crippen LogP contribution in [0.1, 0.15) is 18.9 Å². The lowest BCUT2D eigenvalue weighted by Crippen LogP contribution is -2.62. The van der Waals surface area contributed by atoms with Crippen LogP contribution < -0.4 is 0 Å². The van der Waals surface area contributed by atoms with Crippen LogP contribution in [0.3, 0.4) is 0 Å². The number of hydrogen-bond acceptors (Lipinski definition) is 11. The minimum atomic E-state index is -1.91. The van der Waals surface area contributed by atoms with Gasteiger partial charge in [0, 0.05) is 12.5 Å². The first-order chi connectivity index (χ1) is 16.6. The van der Waals surface area contributed by atoms with Crippen molar-refractivity contribution in [1.29, 1.82) is 0 Å². The zero-order valence-electron chi connectivity index (χ0n) is 19.0. The summed E-state index contributed by atoms with van der Waals surface area (Å²) in [5, 5.41) is 61.7. The Bertz CT molecular complexity index is 950. The molecule has 0 radical (unpaired) electrons. The third-order valence-electron chi connectivity index (χ3n) is 6.77. The third kappa shape index (κ3) is 4.86. The highest BCUT2D eigenvalue weighted by Crippen LogP contribution is 2.51. The molecule has 35 heavy (non-hydrogen) atoms. The maximum Gasteiger partial charge on any atom is 0.331 e. The van der Waals surface area contributed by atoms with E-state index in [-0.39, 0.29) is 6.42 Å². The average Bonchev–Trinajstić information content (AvgIpc) is 3.03. The Labute approximate surface area is 201 Å². The fourth-order valence-corrected chi connectivity index (χ4v) is 4.92. The predicted molar refractivity (Wildman–Crippen MR) is 118 cm³/mol. The van der Waals surface area contributed by atoms with E-state index in [9.17, 15) is 35.4 Å². The Morgan fingerprint density at radius 2 is 1.83 bits per heavy atom. The van der Waals surface area contributed by atoms with E-state index in [0.29, 0.717) is 0 Å². The van der Waals surface area contributed by atoms with Crippen molar-refractivity contribution >= 4 is 12.0 Å². The Morgan fingerprint density at radius 3 is 2.51 bits per heavy atom. The molecule has 0 bridgehead atoms. The first kappa shape index (κ1) is 25.7. The molecule has 6 N–H and O–H groups in total. The van der Waals surface area contributed by atoms with E-state index in [1.807, 2.05) is 18.2 Å². The molecule has 4 rings (SSSR count). The van der Waals surface area contributed by atoms with Crippen molar-refractivity contribution in [1.82, 2.24) is 0 Å². The van der Waals surface area contributed by atoms with E-state index < -0.39 is 72.8 Å². The van der Waals surface area contributed by atoms with Crippen LogP contribution in [0.15, 0.2) is 48.7 Å². The maximum atomic E-state index is 12.6. The number of carbonyl (C=O) groups excluding carboxylic acids is 1. The number of carbonyl (C=O) groups is 1. The summed E-state index contributed by atoms with van der Waals surface area (Å²) < 4.78 is 22.3. The third-order valence-corrected chi connectivity index (χ3v) is 6.77. The molecule has 3 aliphatic rings. The van der Waals surface area contributed by atoms with Gasteiger partial charge >= 0.3 is 5.97 Å². The second kappa shape index (κ2) is 9.96. The lowest BCUT2D eigenvalue weighted by Gasteiger charge is -2.45. The normalized spacial score (nSPS) is 43.1. The van der Waals surface area contributed by atoms with E-state index in [1.54, 1.807) is 18.2 Å². The van der Waals surface area contributed by atoms with Gasteiger partial charge in [-0.3, -0.25) is 0 Å². The second-order valence-corrected chi connectivity index (χ2v) is 9.20. The van der Waals surface area contributed by atoms with Crippen LogP contribution in [0.25, 0.3) is 6.08 Å². The fraction of sp³-hybridized carbons (Fsp3) is 0.542. The molecule has 11 heteroatoms. The summed E-state index contributed by atoms with van der Waals surface area (Å²) >= 11 is 0. The molecule has 1 saturated carbocycles. The number of fused-ring (bicyclic) bond motifs is 1. The first-order valence-electron chi connectivity index (χ1n) is 11.2. The number of esters is 1. The summed E-state index contributed by atoms with van der Waals surface area (Å²) in [5.41, 5.74) is -2.62. The molecule has 0 aromatic heterocycles. The summed E-state index contributed by atoms with van der Waals surface area (Å²) in [6.07, 6.45) is -5.57. The van der Waals surface area contributed by atoms with Gasteiger partial charge < -0.3 is 49.6 Å². The van der Waals surface area contributed by atoms with Crippen molar-refractivity contribution in [3.05, 3.63) is 54.3 Å². The van der Waals surface area contributed by atoms with Gasteiger partial charge in [-0.15, -0.1) is 0 Å². The van der Waals surface area contributed by atoms with Gasteiger partial charge in [-0.2, -0.15) is 0 Å². The van der Waals surface area contributed by atoms with Gasteiger partial charge in [0.2, 0.25) is 6.29 Å². The van der Waals surface area contributed by atoms with Crippen LogP contribution in [-0.2, 0) is 23.7 Å². The highest BCUT2D eigenvalue weighted by Gasteiger charge is 2.66. The molecule has 1 saturated heterocycles. The van der Waals surface area contributed by atoms with E-state index in [0.717, 1.165) is 11.8 Å². The minimum absolute atomic E-state index is 0.151. The van der Waals surface area contributed by atoms with E-state index >= 15 is 0 Å². The maximum absolute atomic E-state index is 12.6. The van der Waals surface area contributed by atoms with Crippen LogP contribution in [-0.4, -0.2) is 97.5 Å². The quantitative estimate of drug-likeness (QED) is 0.207. The van der Waals surface area contributed by atoms with Crippen LogP contribution in [0.5, 0.6) is 0 Å². The molecule has 2 aliphatic heterocycles. The summed E-state index contributed by atoms with van der Waals surface area (Å²) in [4.78, 5) is 12.6. The van der Waals surface area contributed by atoms with Gasteiger partial charge in [0.1, 0.15) is 35.6 Å². The highest BCUT2D eigenvalue weighted by atomic mass is 16.8. The van der Waals surface area contributed by atoms with Crippen LogP contribution in [0.2, 0.25) is 0 Å². The number of aliphatic hydroxyl groups excluding tert-OH is 5. The number of aliphatic hydroxyl groups is 6. The van der Waals surface area contributed by atoms with Gasteiger partial charge in [-0.05, 0) is 24.6 Å². The Balaban J connectivity index is 1.55. The zero-order chi connectivity index (χ0) is 25.4. The van der Waals surface area contributed by atoms with Crippen molar-refractivity contribution in [2.45, 2.75) is 67.6 Å². The summed E-state index contributed by atoms with van der Waals surface area (Å²) in [5.74, 6) is -1.90. The molecule has 0 unspecified atom stereocenters. The first-order valence-corrected chi connectivity index (χ1v) is 11.2. The van der Waals surface area contributed by atoms with E-state index in [4.69, 9.17) is 18.9 Å². The molecule has 2 fully saturated rings. The van der Waals surface area contributed by atoms with Crippen LogP contribution >= 0.6 is 0 Å². The van der Waals surface area contributed by atoms with E-state index in [1.165, 1.54) is 19.1 Å². The van der Waals surface area contributed by atoms with Crippen molar-refractivity contribution in [3.8, 4) is 0 Å². The standard InChI is InChI=1S/C24H30O11/c1-23(35-16(27)8-7-13-5-3-2-4-6-13)11-15(26)24(31)9-10-32-22(20(23)24)34-21-19(30)18(29)17(28)14(12-25)33-21/h2-10,14-15,17-22,25-26,28-31H,11-12H2,1H3/t14-,15-,17-,18+,19+,20-,21+,22+,23+,24-/m1/s1. The molecule has 2 heterocycles. The van der Waals surface area contributed by atoms with Crippen molar-refractivity contribution in [2.75, 3.05) is 6.61 Å². The number of rotatable bonds is 6. The van der Waals surface area contributed by atoms with Crippen molar-refractivity contribution in [2.24, 2.45) is 5.92 Å². The molecule has 0 spiro atoms. The molecular formula is C24H30O11. The monoisotopic (exact) mass is 494 g/mol. The summed E-state index contributed by atoms with van der Waals surface area (Å²) in [6, 6.07) is 9.06. The average molecular weight is 494 g/mol. The van der Waals surface area contributed by atoms with E-state index in [2.05, 4.69) is 0 Å². The Kier molecular flexibility index (Phi) is 7.32. The SMILES string of the molecule is C[C@]1(OC(=O)C=Cc2ccccc2)C[C@@H](O)[C@]2(O)C=CO[C@@H](O[C@@H]3O[C@H](CO)[C@@H](O)[C@H](O)[C@@H]3O)[C@@H]21. The lowest BCUT2D eigenvalue weighted by molar-refractivity contribution is -0.351. The fourth-order valence-electron chi connectivity index (χ4n) is 4.92. The van der Waals surface area contributed by atoms with Gasteiger partial charge in [0.05, 0.1) is 24.9 Å². The van der Waals surface area contributed by atoms with Crippen molar-refractivity contribution in [3.63, 3.8) is 0 Å². The van der Waals surface area contributed by atoms with Gasteiger partial charge in [0.15, 0.2) is 6.29 Å². The summed E-state index contributed by atoms with van der Waals surface area (Å²) in [6.45, 7) is 0.852. The van der Waals surface area contributed by atoms with Crippen LogP contribution in [0, 0.1) is 5.92 Å². The van der Waals surface area contributed by atoms with Gasteiger partial charge in [-0.1, -0.05) is 30.3 Å². The van der Waals surface area contributed by atoms with Gasteiger partial charge in [-0.25, -0.2) is 4.79 Å². The molecule has 10 atom stereocenters. The topological polar surface area (TPSA) is 175 Å². The minimum Gasteiger partial charge on any atom is -0.472 e. The predicted octanol–water partition coefficient (Wildman–Crippen LogP) is -1.20.